The topological polar surface area (TPSA) is 35.6 Å². The number of fused-ring (bicyclic) bond motifs is 1. The number of amides is 1. The minimum atomic E-state index is 0.0895. The summed E-state index contributed by atoms with van der Waals surface area (Å²) in [4.78, 5) is 17.3. The molecule has 3 saturated heterocycles. The predicted octanol–water partition coefficient (Wildman–Crippen LogP) is 1.07. The van der Waals surface area contributed by atoms with Gasteiger partial charge in [-0.15, -0.1) is 0 Å². The van der Waals surface area contributed by atoms with Crippen LogP contribution in [-0.2, 0) is 4.79 Å². The molecule has 19 heavy (non-hydrogen) atoms. The first-order chi connectivity index (χ1) is 9.28. The van der Waals surface area contributed by atoms with Crippen molar-refractivity contribution in [1.82, 2.24) is 15.1 Å². The van der Waals surface area contributed by atoms with Crippen LogP contribution in [0.3, 0.4) is 0 Å². The smallest absolute Gasteiger partial charge is 0.239 e. The lowest BCUT2D eigenvalue weighted by Gasteiger charge is -2.40. The standard InChI is InChI=1S/C15H27N3O/c1-2-12-5-6-16-14(10-12)15(19)18-9-8-17-7-3-4-13(17)11-18/h12-14,16H,2-11H2,1H3. The average Bonchev–Trinajstić information content (AvgIpc) is 2.94. The van der Waals surface area contributed by atoms with E-state index in [1.54, 1.807) is 0 Å². The first-order valence-corrected chi connectivity index (χ1v) is 8.04. The summed E-state index contributed by atoms with van der Waals surface area (Å²) in [5.41, 5.74) is 0. The van der Waals surface area contributed by atoms with E-state index >= 15 is 0 Å². The van der Waals surface area contributed by atoms with Crippen molar-refractivity contribution in [1.29, 1.82) is 0 Å². The summed E-state index contributed by atoms with van der Waals surface area (Å²) in [6.45, 7) is 7.48. The minimum absolute atomic E-state index is 0.0895. The molecule has 0 saturated carbocycles. The fourth-order valence-electron chi connectivity index (χ4n) is 3.97. The molecule has 3 unspecified atom stereocenters. The highest BCUT2D eigenvalue weighted by Crippen LogP contribution is 2.24. The first kappa shape index (κ1) is 13.4. The maximum atomic E-state index is 12.6. The molecule has 0 aromatic heterocycles. The number of carbonyl (C=O) groups is 1. The summed E-state index contributed by atoms with van der Waals surface area (Å²) in [5, 5.41) is 3.44. The van der Waals surface area contributed by atoms with Gasteiger partial charge in [0.2, 0.25) is 5.91 Å². The number of nitrogens with zero attached hydrogens (tertiary/aromatic N) is 2. The van der Waals surface area contributed by atoms with E-state index in [2.05, 4.69) is 22.0 Å². The van der Waals surface area contributed by atoms with Crippen LogP contribution in [0.15, 0.2) is 0 Å². The molecular formula is C15H27N3O. The SMILES string of the molecule is CCC1CCNC(C(=O)N2CCN3CCCC3C2)C1. The molecule has 108 valence electrons. The van der Waals surface area contributed by atoms with Crippen molar-refractivity contribution in [3.63, 3.8) is 0 Å². The Kier molecular flexibility index (Phi) is 4.08. The Hall–Kier alpha value is -0.610. The Morgan fingerprint density at radius 1 is 1.26 bits per heavy atom. The lowest BCUT2D eigenvalue weighted by Crippen LogP contribution is -2.57. The van der Waals surface area contributed by atoms with Crippen molar-refractivity contribution in [2.24, 2.45) is 5.92 Å². The van der Waals surface area contributed by atoms with Crippen LogP contribution in [-0.4, -0.2) is 60.5 Å². The second-order valence-electron chi connectivity index (χ2n) is 6.42. The van der Waals surface area contributed by atoms with E-state index in [-0.39, 0.29) is 6.04 Å². The van der Waals surface area contributed by atoms with Crippen LogP contribution in [0.2, 0.25) is 0 Å². The maximum Gasteiger partial charge on any atom is 0.239 e. The van der Waals surface area contributed by atoms with E-state index in [1.165, 1.54) is 32.2 Å². The van der Waals surface area contributed by atoms with Crippen LogP contribution in [0.5, 0.6) is 0 Å². The second-order valence-corrected chi connectivity index (χ2v) is 6.42. The van der Waals surface area contributed by atoms with Gasteiger partial charge in [-0.1, -0.05) is 13.3 Å². The Morgan fingerprint density at radius 2 is 2.16 bits per heavy atom. The lowest BCUT2D eigenvalue weighted by atomic mass is 9.89. The van der Waals surface area contributed by atoms with Crippen LogP contribution >= 0.6 is 0 Å². The van der Waals surface area contributed by atoms with Crippen molar-refractivity contribution in [3.05, 3.63) is 0 Å². The molecule has 3 aliphatic heterocycles. The third-order valence-corrected chi connectivity index (χ3v) is 5.29. The van der Waals surface area contributed by atoms with E-state index in [0.717, 1.165) is 38.5 Å². The van der Waals surface area contributed by atoms with Crippen LogP contribution in [0, 0.1) is 5.92 Å². The van der Waals surface area contributed by atoms with Gasteiger partial charge in [-0.2, -0.15) is 0 Å². The van der Waals surface area contributed by atoms with Crippen LogP contribution in [0.25, 0.3) is 0 Å². The Labute approximate surface area is 116 Å². The fourth-order valence-corrected chi connectivity index (χ4v) is 3.97. The van der Waals surface area contributed by atoms with E-state index in [0.29, 0.717) is 11.9 Å². The highest BCUT2D eigenvalue weighted by Gasteiger charge is 2.35. The zero-order chi connectivity index (χ0) is 13.2. The minimum Gasteiger partial charge on any atom is -0.338 e. The number of hydrogen-bond donors (Lipinski definition) is 1. The highest BCUT2D eigenvalue weighted by atomic mass is 16.2. The van der Waals surface area contributed by atoms with Gasteiger partial charge in [0, 0.05) is 25.7 Å². The Bertz CT molecular complexity index is 333. The quantitative estimate of drug-likeness (QED) is 0.811. The fraction of sp³-hybridized carbons (Fsp3) is 0.933. The summed E-state index contributed by atoms with van der Waals surface area (Å²) >= 11 is 0. The summed E-state index contributed by atoms with van der Waals surface area (Å²) in [5.74, 6) is 1.10. The van der Waals surface area contributed by atoms with E-state index in [4.69, 9.17) is 0 Å². The van der Waals surface area contributed by atoms with Gasteiger partial charge in [0.25, 0.3) is 0 Å². The third kappa shape index (κ3) is 2.79. The zero-order valence-corrected chi connectivity index (χ0v) is 12.1. The van der Waals surface area contributed by atoms with Crippen LogP contribution in [0.1, 0.15) is 39.0 Å². The summed E-state index contributed by atoms with van der Waals surface area (Å²) in [6, 6.07) is 0.731. The highest BCUT2D eigenvalue weighted by molar-refractivity contribution is 5.82. The van der Waals surface area contributed by atoms with Crippen molar-refractivity contribution in [2.45, 2.75) is 51.1 Å². The predicted molar refractivity (Wildman–Crippen MR) is 76.0 cm³/mol. The second kappa shape index (κ2) is 5.80. The zero-order valence-electron chi connectivity index (χ0n) is 12.1. The summed E-state index contributed by atoms with van der Waals surface area (Å²) in [7, 11) is 0. The number of carbonyl (C=O) groups excluding carboxylic acids is 1. The molecule has 0 bridgehead atoms. The number of nitrogens with one attached hydrogen (secondary N) is 1. The number of hydrogen-bond acceptors (Lipinski definition) is 3. The number of piperazine rings is 1. The van der Waals surface area contributed by atoms with E-state index in [1.807, 2.05) is 0 Å². The monoisotopic (exact) mass is 265 g/mol. The van der Waals surface area contributed by atoms with Gasteiger partial charge in [-0.3, -0.25) is 9.69 Å². The molecule has 4 nitrogen and oxygen atoms in total. The van der Waals surface area contributed by atoms with Crippen LogP contribution < -0.4 is 5.32 Å². The van der Waals surface area contributed by atoms with Gasteiger partial charge in [-0.05, 0) is 44.7 Å². The first-order valence-electron chi connectivity index (χ1n) is 8.04. The molecule has 1 N–H and O–H groups in total. The van der Waals surface area contributed by atoms with Crippen molar-refractivity contribution in [3.8, 4) is 0 Å². The molecule has 0 aromatic rings. The molecule has 3 atom stereocenters. The molecule has 0 aliphatic carbocycles. The van der Waals surface area contributed by atoms with Gasteiger partial charge in [0.1, 0.15) is 0 Å². The molecule has 1 amide bonds. The maximum absolute atomic E-state index is 12.6. The Balaban J connectivity index is 1.57. The molecule has 4 heteroatoms. The van der Waals surface area contributed by atoms with E-state index < -0.39 is 0 Å². The molecule has 3 fully saturated rings. The molecule has 3 aliphatic rings. The van der Waals surface area contributed by atoms with Crippen LogP contribution in [0.4, 0.5) is 0 Å². The largest absolute Gasteiger partial charge is 0.338 e. The van der Waals surface area contributed by atoms with E-state index in [9.17, 15) is 4.79 Å². The molecule has 0 aromatic carbocycles. The van der Waals surface area contributed by atoms with Gasteiger partial charge in [0.05, 0.1) is 6.04 Å². The third-order valence-electron chi connectivity index (χ3n) is 5.29. The summed E-state index contributed by atoms with van der Waals surface area (Å²) < 4.78 is 0. The average molecular weight is 265 g/mol. The molecule has 3 rings (SSSR count). The Morgan fingerprint density at radius 3 is 3.00 bits per heavy atom. The molecule has 0 radical (unpaired) electrons. The van der Waals surface area contributed by atoms with Gasteiger partial charge >= 0.3 is 0 Å². The van der Waals surface area contributed by atoms with Crippen molar-refractivity contribution >= 4 is 5.91 Å². The van der Waals surface area contributed by atoms with Crippen molar-refractivity contribution in [2.75, 3.05) is 32.7 Å². The number of rotatable bonds is 2. The van der Waals surface area contributed by atoms with Gasteiger partial charge in [0.15, 0.2) is 0 Å². The summed E-state index contributed by atoms with van der Waals surface area (Å²) in [6.07, 6.45) is 6.07. The molecule has 3 heterocycles. The lowest BCUT2D eigenvalue weighted by molar-refractivity contribution is -0.137. The van der Waals surface area contributed by atoms with Crippen molar-refractivity contribution < 1.29 is 4.79 Å². The van der Waals surface area contributed by atoms with Gasteiger partial charge in [-0.25, -0.2) is 0 Å². The normalized spacial score (nSPS) is 36.3. The number of piperidine rings is 1. The molecular weight excluding hydrogens is 238 g/mol. The van der Waals surface area contributed by atoms with Gasteiger partial charge < -0.3 is 10.2 Å². The molecule has 0 spiro atoms.